The molecule has 0 N–H and O–H groups in total. The highest BCUT2D eigenvalue weighted by Crippen LogP contribution is 2.66. The summed E-state index contributed by atoms with van der Waals surface area (Å²) in [5.41, 5.74) is 0.169. The van der Waals surface area contributed by atoms with E-state index in [0.717, 1.165) is 12.8 Å². The molecule has 0 radical (unpaired) electrons. The molecule has 0 bridgehead atoms. The predicted molar refractivity (Wildman–Crippen MR) is 61.5 cm³/mol. The third-order valence-corrected chi connectivity index (χ3v) is 3.53. The molecule has 0 aromatic carbocycles. The molecular formula is C13H19NO2. The van der Waals surface area contributed by atoms with Crippen molar-refractivity contribution < 1.29 is 9.53 Å². The van der Waals surface area contributed by atoms with Gasteiger partial charge in [0.2, 0.25) is 0 Å². The van der Waals surface area contributed by atoms with Gasteiger partial charge in [0.05, 0.1) is 13.2 Å². The summed E-state index contributed by atoms with van der Waals surface area (Å²) in [6.07, 6.45) is 4.54. The van der Waals surface area contributed by atoms with Gasteiger partial charge in [-0.3, -0.25) is 4.79 Å². The summed E-state index contributed by atoms with van der Waals surface area (Å²) in [7, 11) is 1.34. The van der Waals surface area contributed by atoms with Crippen LogP contribution in [0.4, 0.5) is 0 Å². The largest absolute Gasteiger partial charge is 0.468 e. The van der Waals surface area contributed by atoms with Crippen LogP contribution >= 0.6 is 0 Å². The highest BCUT2D eigenvalue weighted by atomic mass is 16.5. The first-order chi connectivity index (χ1) is 7.42. The van der Waals surface area contributed by atoms with Crippen LogP contribution in [0, 0.1) is 22.2 Å². The number of methoxy groups -OCH3 is 1. The Morgan fingerprint density at radius 3 is 2.62 bits per heavy atom. The topological polar surface area (TPSA) is 50.1 Å². The smallest absolute Gasteiger partial charge is 0.326 e. The third kappa shape index (κ3) is 1.97. The fourth-order valence-electron chi connectivity index (χ4n) is 2.24. The van der Waals surface area contributed by atoms with Gasteiger partial charge in [0.15, 0.2) is 5.41 Å². The van der Waals surface area contributed by atoms with Gasteiger partial charge in [0.25, 0.3) is 0 Å². The lowest BCUT2D eigenvalue weighted by Crippen LogP contribution is -2.22. The first-order valence-corrected chi connectivity index (χ1v) is 5.55. The molecular weight excluding hydrogens is 202 g/mol. The lowest BCUT2D eigenvalue weighted by atomic mass is 9.91. The Balaban J connectivity index is 2.67. The summed E-state index contributed by atoms with van der Waals surface area (Å²) in [6, 6.07) is 2.14. The molecule has 0 aliphatic heterocycles. The van der Waals surface area contributed by atoms with Crippen molar-refractivity contribution in [3.05, 3.63) is 11.6 Å². The van der Waals surface area contributed by atoms with Crippen molar-refractivity contribution in [2.75, 3.05) is 7.11 Å². The number of hydrogen-bond acceptors (Lipinski definition) is 3. The van der Waals surface area contributed by atoms with Crippen LogP contribution in [0.1, 0.15) is 40.0 Å². The minimum Gasteiger partial charge on any atom is -0.468 e. The van der Waals surface area contributed by atoms with Gasteiger partial charge in [-0.2, -0.15) is 5.26 Å². The minimum atomic E-state index is -0.892. The number of nitrogens with zero attached hydrogens (tertiary/aromatic N) is 1. The normalized spacial score (nSPS) is 31.4. The van der Waals surface area contributed by atoms with Crippen LogP contribution in [0.15, 0.2) is 11.6 Å². The Kier molecular flexibility index (Phi) is 3.42. The average molecular weight is 221 g/mol. The van der Waals surface area contributed by atoms with Crippen molar-refractivity contribution in [2.24, 2.45) is 10.8 Å². The molecule has 88 valence electrons. The number of ether oxygens (including phenoxy) is 1. The van der Waals surface area contributed by atoms with E-state index in [1.807, 2.05) is 20.8 Å². The molecule has 3 nitrogen and oxygen atoms in total. The van der Waals surface area contributed by atoms with Crippen molar-refractivity contribution in [3.63, 3.8) is 0 Å². The second kappa shape index (κ2) is 4.29. The van der Waals surface area contributed by atoms with Crippen LogP contribution < -0.4 is 0 Å². The number of carbonyl (C=O) groups is 1. The van der Waals surface area contributed by atoms with Gasteiger partial charge in [-0.05, 0) is 38.5 Å². The molecule has 1 fully saturated rings. The molecule has 1 aliphatic rings. The van der Waals surface area contributed by atoms with E-state index in [4.69, 9.17) is 10.00 Å². The molecule has 2 unspecified atom stereocenters. The molecule has 0 amide bonds. The molecule has 1 aliphatic carbocycles. The molecule has 1 saturated carbocycles. The summed E-state index contributed by atoms with van der Waals surface area (Å²) >= 11 is 0. The van der Waals surface area contributed by atoms with E-state index < -0.39 is 5.41 Å². The zero-order valence-corrected chi connectivity index (χ0v) is 10.5. The van der Waals surface area contributed by atoms with E-state index in [1.54, 1.807) is 0 Å². The van der Waals surface area contributed by atoms with Crippen molar-refractivity contribution in [3.8, 4) is 6.07 Å². The Bertz CT molecular complexity index is 363. The molecule has 0 spiro atoms. The van der Waals surface area contributed by atoms with E-state index in [1.165, 1.54) is 12.7 Å². The van der Waals surface area contributed by atoms with Crippen LogP contribution in [0.25, 0.3) is 0 Å². The van der Waals surface area contributed by atoms with Crippen molar-refractivity contribution in [1.82, 2.24) is 0 Å². The first kappa shape index (κ1) is 12.8. The number of allylic oxidation sites excluding steroid dienone is 2. The summed E-state index contributed by atoms with van der Waals surface area (Å²) in [4.78, 5) is 11.6. The van der Waals surface area contributed by atoms with Gasteiger partial charge in [-0.15, -0.1) is 0 Å². The Hall–Kier alpha value is -1.30. The minimum absolute atomic E-state index is 0.208. The van der Waals surface area contributed by atoms with Crippen LogP contribution in [-0.2, 0) is 9.53 Å². The molecule has 2 atom stereocenters. The third-order valence-electron chi connectivity index (χ3n) is 3.53. The molecule has 16 heavy (non-hydrogen) atoms. The van der Waals surface area contributed by atoms with Gasteiger partial charge in [0.1, 0.15) is 0 Å². The average Bonchev–Trinajstić information content (AvgIpc) is 2.84. The van der Waals surface area contributed by atoms with Crippen LogP contribution in [0.5, 0.6) is 0 Å². The lowest BCUT2D eigenvalue weighted by molar-refractivity contribution is -0.146. The van der Waals surface area contributed by atoms with Crippen LogP contribution in [0.3, 0.4) is 0 Å². The molecule has 0 aromatic rings. The predicted octanol–water partition coefficient (Wildman–Crippen LogP) is 2.83. The van der Waals surface area contributed by atoms with E-state index in [0.29, 0.717) is 6.42 Å². The highest BCUT2D eigenvalue weighted by molar-refractivity contribution is 5.85. The second-order valence-electron chi connectivity index (χ2n) is 5.07. The van der Waals surface area contributed by atoms with Gasteiger partial charge < -0.3 is 4.74 Å². The van der Waals surface area contributed by atoms with Crippen LogP contribution in [0.2, 0.25) is 0 Å². The fourth-order valence-corrected chi connectivity index (χ4v) is 2.24. The molecule has 0 aromatic heterocycles. The summed E-state index contributed by atoms with van der Waals surface area (Å²) in [6.45, 7) is 6.09. The summed E-state index contributed by atoms with van der Waals surface area (Å²) in [5.74, 6) is -0.380. The SMILES string of the molecule is COC(=O)C1(C#N)CC1(C)CCC=C(C)C. The Morgan fingerprint density at radius 1 is 1.56 bits per heavy atom. The zero-order valence-electron chi connectivity index (χ0n) is 10.5. The molecule has 0 saturated heterocycles. The summed E-state index contributed by atoms with van der Waals surface area (Å²) in [5, 5.41) is 9.14. The highest BCUT2D eigenvalue weighted by Gasteiger charge is 2.70. The number of hydrogen-bond donors (Lipinski definition) is 0. The first-order valence-electron chi connectivity index (χ1n) is 5.55. The number of carbonyl (C=O) groups excluding carboxylic acids is 1. The quantitative estimate of drug-likeness (QED) is 0.541. The molecule has 1 rings (SSSR count). The summed E-state index contributed by atoms with van der Waals surface area (Å²) < 4.78 is 4.71. The maximum atomic E-state index is 11.6. The standard InChI is InChI=1S/C13H19NO2/c1-10(2)6-5-7-12(3)8-13(12,9-14)11(15)16-4/h6H,5,7-8H2,1-4H3. The number of esters is 1. The lowest BCUT2D eigenvalue weighted by Gasteiger charge is -2.13. The van der Waals surface area contributed by atoms with Gasteiger partial charge >= 0.3 is 5.97 Å². The molecule has 0 heterocycles. The maximum absolute atomic E-state index is 11.6. The fraction of sp³-hybridized carbons (Fsp3) is 0.692. The van der Waals surface area contributed by atoms with E-state index in [2.05, 4.69) is 12.1 Å². The van der Waals surface area contributed by atoms with E-state index >= 15 is 0 Å². The van der Waals surface area contributed by atoms with Crippen molar-refractivity contribution in [1.29, 1.82) is 5.26 Å². The van der Waals surface area contributed by atoms with E-state index in [9.17, 15) is 4.79 Å². The molecule has 3 heteroatoms. The van der Waals surface area contributed by atoms with Gasteiger partial charge in [-0.25, -0.2) is 0 Å². The van der Waals surface area contributed by atoms with Gasteiger partial charge in [-0.1, -0.05) is 18.6 Å². The number of rotatable bonds is 4. The zero-order chi connectivity index (χ0) is 12.4. The number of nitriles is 1. The van der Waals surface area contributed by atoms with Crippen molar-refractivity contribution >= 4 is 5.97 Å². The second-order valence-corrected chi connectivity index (χ2v) is 5.07. The Morgan fingerprint density at radius 2 is 2.19 bits per heavy atom. The van der Waals surface area contributed by atoms with E-state index in [-0.39, 0.29) is 11.4 Å². The monoisotopic (exact) mass is 221 g/mol. The van der Waals surface area contributed by atoms with Crippen LogP contribution in [-0.4, -0.2) is 13.1 Å². The maximum Gasteiger partial charge on any atom is 0.326 e. The van der Waals surface area contributed by atoms with Gasteiger partial charge in [0, 0.05) is 0 Å². The Labute approximate surface area is 97.1 Å². The van der Waals surface area contributed by atoms with Crippen molar-refractivity contribution in [2.45, 2.75) is 40.0 Å².